The molecule has 1 saturated carbocycles. The summed E-state index contributed by atoms with van der Waals surface area (Å²) < 4.78 is 0. The van der Waals surface area contributed by atoms with Crippen LogP contribution in [0.15, 0.2) is 0 Å². The van der Waals surface area contributed by atoms with Crippen LogP contribution in [0.3, 0.4) is 0 Å². The molecule has 1 aliphatic carbocycles. The summed E-state index contributed by atoms with van der Waals surface area (Å²) in [6.07, 6.45) is 8.47. The fourth-order valence-corrected chi connectivity index (χ4v) is 3.48. The molecule has 1 heterocycles. The summed E-state index contributed by atoms with van der Waals surface area (Å²) in [5, 5.41) is 12.5. The van der Waals surface area contributed by atoms with E-state index in [2.05, 4.69) is 23.2 Å². The van der Waals surface area contributed by atoms with Gasteiger partial charge in [0.1, 0.15) is 5.41 Å². The van der Waals surface area contributed by atoms with Gasteiger partial charge < -0.3 is 10.2 Å². The fourth-order valence-electron chi connectivity index (χ4n) is 3.48. The van der Waals surface area contributed by atoms with Crippen LogP contribution in [-0.4, -0.2) is 36.5 Å². The van der Waals surface area contributed by atoms with Crippen molar-refractivity contribution in [2.24, 2.45) is 5.41 Å². The van der Waals surface area contributed by atoms with Crippen molar-refractivity contribution in [1.29, 1.82) is 5.26 Å². The number of nitriles is 1. The first-order valence-corrected chi connectivity index (χ1v) is 8.11. The molecule has 20 heavy (non-hydrogen) atoms. The molecule has 2 rings (SSSR count). The van der Waals surface area contributed by atoms with Crippen molar-refractivity contribution < 1.29 is 4.79 Å². The van der Waals surface area contributed by atoms with Crippen molar-refractivity contribution in [3.8, 4) is 6.07 Å². The lowest BCUT2D eigenvalue weighted by molar-refractivity contribution is -0.130. The van der Waals surface area contributed by atoms with Crippen molar-refractivity contribution in [3.63, 3.8) is 0 Å². The van der Waals surface area contributed by atoms with E-state index >= 15 is 0 Å². The lowest BCUT2D eigenvalue weighted by Gasteiger charge is -2.33. The van der Waals surface area contributed by atoms with Crippen molar-refractivity contribution in [2.45, 2.75) is 64.3 Å². The van der Waals surface area contributed by atoms with Crippen LogP contribution >= 0.6 is 0 Å². The minimum atomic E-state index is -0.756. The van der Waals surface area contributed by atoms with E-state index in [9.17, 15) is 10.1 Å². The van der Waals surface area contributed by atoms with Crippen LogP contribution in [0.1, 0.15) is 58.3 Å². The molecule has 1 amide bonds. The molecule has 2 fully saturated rings. The van der Waals surface area contributed by atoms with Crippen LogP contribution in [-0.2, 0) is 4.79 Å². The number of carbonyl (C=O) groups is 1. The van der Waals surface area contributed by atoms with Crippen LogP contribution < -0.4 is 5.32 Å². The van der Waals surface area contributed by atoms with Crippen molar-refractivity contribution in [2.75, 3.05) is 19.6 Å². The highest BCUT2D eigenvalue weighted by molar-refractivity contribution is 5.85. The lowest BCUT2D eigenvalue weighted by Crippen LogP contribution is -2.49. The molecule has 0 aromatic heterocycles. The first-order chi connectivity index (χ1) is 9.66. The van der Waals surface area contributed by atoms with E-state index in [-0.39, 0.29) is 11.9 Å². The predicted molar refractivity (Wildman–Crippen MR) is 79.0 cm³/mol. The predicted octanol–water partition coefficient (Wildman–Crippen LogP) is 2.45. The van der Waals surface area contributed by atoms with Gasteiger partial charge >= 0.3 is 0 Å². The molecule has 4 nitrogen and oxygen atoms in total. The Morgan fingerprint density at radius 3 is 2.40 bits per heavy atom. The van der Waals surface area contributed by atoms with Gasteiger partial charge in [0.05, 0.1) is 6.07 Å². The van der Waals surface area contributed by atoms with E-state index in [1.165, 1.54) is 19.3 Å². The maximum atomic E-state index is 12.5. The number of amides is 1. The van der Waals surface area contributed by atoms with Gasteiger partial charge in [-0.2, -0.15) is 5.26 Å². The Bertz CT molecular complexity index is 362. The van der Waals surface area contributed by atoms with Gasteiger partial charge in [0.25, 0.3) is 0 Å². The molecule has 4 heteroatoms. The molecular weight excluding hydrogens is 250 g/mol. The van der Waals surface area contributed by atoms with Crippen LogP contribution in [0.5, 0.6) is 0 Å². The number of hydrogen-bond acceptors (Lipinski definition) is 3. The van der Waals surface area contributed by atoms with Gasteiger partial charge in [-0.25, -0.2) is 0 Å². The highest BCUT2D eigenvalue weighted by Gasteiger charge is 2.40. The summed E-state index contributed by atoms with van der Waals surface area (Å²) in [6, 6.07) is 2.43. The molecule has 0 aromatic rings. The highest BCUT2D eigenvalue weighted by atomic mass is 16.2. The number of piperidine rings is 1. The average molecular weight is 277 g/mol. The standard InChI is InChI=1S/C16H27N3O/c1-14(12-19-10-6-3-7-11-19)18-15(20)16(13-17)8-4-2-5-9-16/h14H,2-12H2,1H3,(H,18,20). The number of likely N-dealkylation sites (tertiary alicyclic amines) is 1. The van der Waals surface area contributed by atoms with Gasteiger partial charge in [0.15, 0.2) is 0 Å². The number of carbonyl (C=O) groups excluding carboxylic acids is 1. The summed E-state index contributed by atoms with van der Waals surface area (Å²) >= 11 is 0. The van der Waals surface area contributed by atoms with Gasteiger partial charge in [0, 0.05) is 12.6 Å². The second-order valence-corrected chi connectivity index (χ2v) is 6.49. The van der Waals surface area contributed by atoms with Crippen LogP contribution in [0.4, 0.5) is 0 Å². The summed E-state index contributed by atoms with van der Waals surface area (Å²) in [6.45, 7) is 5.25. The molecule has 0 bridgehead atoms. The second-order valence-electron chi connectivity index (χ2n) is 6.49. The zero-order chi connectivity index (χ0) is 14.4. The molecule has 1 saturated heterocycles. The van der Waals surface area contributed by atoms with Crippen molar-refractivity contribution in [3.05, 3.63) is 0 Å². The van der Waals surface area contributed by atoms with E-state index in [4.69, 9.17) is 0 Å². The molecule has 1 aliphatic heterocycles. The summed E-state index contributed by atoms with van der Waals surface area (Å²) in [7, 11) is 0. The van der Waals surface area contributed by atoms with Crippen molar-refractivity contribution >= 4 is 5.91 Å². The molecule has 1 unspecified atom stereocenters. The SMILES string of the molecule is CC(CN1CCCCC1)NC(=O)C1(C#N)CCCCC1. The molecule has 2 aliphatic rings. The minimum absolute atomic E-state index is 0.0378. The number of nitrogens with one attached hydrogen (secondary N) is 1. The molecule has 1 atom stereocenters. The van der Waals surface area contributed by atoms with E-state index < -0.39 is 5.41 Å². The quantitative estimate of drug-likeness (QED) is 0.858. The normalized spacial score (nSPS) is 24.6. The summed E-state index contributed by atoms with van der Waals surface area (Å²) in [5.74, 6) is -0.0378. The second kappa shape index (κ2) is 7.08. The Morgan fingerprint density at radius 2 is 1.80 bits per heavy atom. The maximum absolute atomic E-state index is 12.5. The van der Waals surface area contributed by atoms with Gasteiger partial charge in [-0.05, 0) is 45.7 Å². The summed E-state index contributed by atoms with van der Waals surface area (Å²) in [4.78, 5) is 14.9. The lowest BCUT2D eigenvalue weighted by atomic mass is 9.74. The largest absolute Gasteiger partial charge is 0.351 e. The topological polar surface area (TPSA) is 56.1 Å². The fraction of sp³-hybridized carbons (Fsp3) is 0.875. The smallest absolute Gasteiger partial charge is 0.240 e. The number of rotatable bonds is 4. The van der Waals surface area contributed by atoms with Crippen LogP contribution in [0, 0.1) is 16.7 Å². The molecule has 0 radical (unpaired) electrons. The van der Waals surface area contributed by atoms with E-state index in [1.54, 1.807) is 0 Å². The van der Waals surface area contributed by atoms with Gasteiger partial charge in [-0.15, -0.1) is 0 Å². The van der Waals surface area contributed by atoms with E-state index in [0.29, 0.717) is 0 Å². The van der Waals surface area contributed by atoms with Crippen molar-refractivity contribution in [1.82, 2.24) is 10.2 Å². The maximum Gasteiger partial charge on any atom is 0.240 e. The van der Waals surface area contributed by atoms with Gasteiger partial charge in [-0.1, -0.05) is 25.7 Å². The Labute approximate surface area is 122 Å². The average Bonchev–Trinajstić information content (AvgIpc) is 2.48. The molecule has 1 N–H and O–H groups in total. The third-order valence-corrected chi connectivity index (χ3v) is 4.71. The molecular formula is C16H27N3O. The molecule has 0 spiro atoms. The van der Waals surface area contributed by atoms with Crippen LogP contribution in [0.2, 0.25) is 0 Å². The molecule has 112 valence electrons. The Balaban J connectivity index is 1.84. The first-order valence-electron chi connectivity index (χ1n) is 8.11. The monoisotopic (exact) mass is 277 g/mol. The summed E-state index contributed by atoms with van der Waals surface area (Å²) in [5.41, 5.74) is -0.756. The molecule has 0 aromatic carbocycles. The Kier molecular flexibility index (Phi) is 5.42. The number of hydrogen-bond donors (Lipinski definition) is 1. The van der Waals surface area contributed by atoms with Gasteiger partial charge in [-0.3, -0.25) is 4.79 Å². The highest BCUT2D eigenvalue weighted by Crippen LogP contribution is 2.35. The number of nitrogens with zero attached hydrogens (tertiary/aromatic N) is 2. The van der Waals surface area contributed by atoms with E-state index in [1.807, 2.05) is 0 Å². The Morgan fingerprint density at radius 1 is 1.20 bits per heavy atom. The zero-order valence-electron chi connectivity index (χ0n) is 12.7. The third kappa shape index (κ3) is 3.73. The Hall–Kier alpha value is -1.08. The third-order valence-electron chi connectivity index (χ3n) is 4.71. The zero-order valence-corrected chi connectivity index (χ0v) is 12.7. The van der Waals surface area contributed by atoms with Gasteiger partial charge in [0.2, 0.25) is 5.91 Å². The van der Waals surface area contributed by atoms with E-state index in [0.717, 1.165) is 51.7 Å². The van der Waals surface area contributed by atoms with Crippen LogP contribution in [0.25, 0.3) is 0 Å². The first kappa shape index (κ1) is 15.3. The minimum Gasteiger partial charge on any atom is -0.351 e.